The van der Waals surface area contributed by atoms with Crippen molar-refractivity contribution in [2.24, 2.45) is 10.9 Å². The molecular weight excluding hydrogens is 649 g/mol. The first-order valence-corrected chi connectivity index (χ1v) is 17.3. The highest BCUT2D eigenvalue weighted by Gasteiger charge is 2.45. The molecule has 46 heavy (non-hydrogen) atoms. The van der Waals surface area contributed by atoms with Crippen molar-refractivity contribution < 1.29 is 22.7 Å². The molecule has 2 aliphatic heterocycles. The Morgan fingerprint density at radius 3 is 2.26 bits per heavy atom. The van der Waals surface area contributed by atoms with Gasteiger partial charge < -0.3 is 15.0 Å². The zero-order chi connectivity index (χ0) is 33.2. The van der Waals surface area contributed by atoms with E-state index >= 15 is 0 Å². The molecule has 1 fully saturated rings. The second-order valence-corrected chi connectivity index (χ2v) is 14.6. The largest absolute Gasteiger partial charge is 0.493 e. The number of carbonyl (C=O) groups is 2. The molecule has 5 rings (SSSR count). The van der Waals surface area contributed by atoms with Gasteiger partial charge in [-0.05, 0) is 66.4 Å². The Hall–Kier alpha value is -3.64. The average Bonchev–Trinajstić information content (AvgIpc) is 3.41. The van der Waals surface area contributed by atoms with Crippen molar-refractivity contribution in [2.45, 2.75) is 37.8 Å². The molecule has 0 saturated carbocycles. The van der Waals surface area contributed by atoms with Crippen LogP contribution in [0.4, 0.5) is 4.79 Å². The number of hydrogen-bond donors (Lipinski definition) is 1. The molecule has 3 amide bonds. The van der Waals surface area contributed by atoms with Crippen molar-refractivity contribution in [3.8, 4) is 5.75 Å². The fraction of sp³-hybridized carbons (Fsp3) is 0.364. The van der Waals surface area contributed by atoms with E-state index in [0.717, 1.165) is 11.1 Å². The van der Waals surface area contributed by atoms with Gasteiger partial charge in [0.1, 0.15) is 24.2 Å². The number of amidine groups is 1. The van der Waals surface area contributed by atoms with Crippen LogP contribution in [0.1, 0.15) is 49.5 Å². The minimum atomic E-state index is -3.90. The van der Waals surface area contributed by atoms with Crippen molar-refractivity contribution in [1.29, 1.82) is 0 Å². The van der Waals surface area contributed by atoms with Crippen LogP contribution in [0.25, 0.3) is 0 Å². The summed E-state index contributed by atoms with van der Waals surface area (Å²) < 4.78 is 34.8. The Bertz CT molecular complexity index is 1730. The van der Waals surface area contributed by atoms with Gasteiger partial charge in [-0.25, -0.2) is 17.5 Å². The molecule has 10 nitrogen and oxygen atoms in total. The van der Waals surface area contributed by atoms with Gasteiger partial charge in [-0.2, -0.15) is 0 Å². The average molecular weight is 687 g/mol. The molecule has 0 aliphatic carbocycles. The number of ether oxygens (including phenoxy) is 1. The lowest BCUT2D eigenvalue weighted by Crippen LogP contribution is -2.55. The Balaban J connectivity index is 1.74. The maximum Gasteiger partial charge on any atom is 0.326 e. The lowest BCUT2D eigenvalue weighted by molar-refractivity contribution is -0.123. The molecule has 244 valence electrons. The minimum absolute atomic E-state index is 0.0412. The number of hydrogen-bond acceptors (Lipinski definition) is 6. The maximum atomic E-state index is 14.6. The van der Waals surface area contributed by atoms with E-state index < -0.39 is 28.1 Å². The summed E-state index contributed by atoms with van der Waals surface area (Å²) in [5, 5.41) is 3.83. The number of rotatable bonds is 9. The number of amides is 3. The van der Waals surface area contributed by atoms with Crippen LogP contribution in [0.15, 0.2) is 76.6 Å². The highest BCUT2D eigenvalue weighted by Crippen LogP contribution is 2.45. The molecule has 0 aromatic heterocycles. The van der Waals surface area contributed by atoms with E-state index in [9.17, 15) is 18.0 Å². The summed E-state index contributed by atoms with van der Waals surface area (Å²) in [6.07, 6.45) is 0. The quantitative estimate of drug-likeness (QED) is 0.308. The van der Waals surface area contributed by atoms with Crippen LogP contribution >= 0.6 is 23.2 Å². The topological polar surface area (TPSA) is 112 Å². The number of halogens is 2. The van der Waals surface area contributed by atoms with E-state index in [-0.39, 0.29) is 29.1 Å². The predicted octanol–water partition coefficient (Wildman–Crippen LogP) is 5.77. The molecule has 0 spiro atoms. The van der Waals surface area contributed by atoms with Crippen molar-refractivity contribution >= 4 is 51.0 Å². The van der Waals surface area contributed by atoms with Crippen molar-refractivity contribution in [2.75, 3.05) is 39.8 Å². The summed E-state index contributed by atoms with van der Waals surface area (Å²) in [4.78, 5) is 35.2. The second kappa shape index (κ2) is 14.0. The van der Waals surface area contributed by atoms with Gasteiger partial charge in [0.2, 0.25) is 15.9 Å². The zero-order valence-electron chi connectivity index (χ0n) is 26.1. The third kappa shape index (κ3) is 7.02. The molecule has 0 radical (unpaired) electrons. The monoisotopic (exact) mass is 685 g/mol. The first kappa shape index (κ1) is 33.7. The van der Waals surface area contributed by atoms with Crippen LogP contribution in [-0.4, -0.2) is 80.1 Å². The first-order valence-electron chi connectivity index (χ1n) is 15.1. The number of nitrogens with zero attached hydrogens (tertiary/aromatic N) is 4. The standard InChI is InChI=1S/C33H37Cl2N5O5S/c1-5-45-28-15-14-26(46(43,44)38(4)19-21(2)3)18-27(28)32-37-30(22-6-10-24(34)11-7-22)31(23-8-12-25(35)13-9-23)40(32)33(42)39-17-16-36-29(41)20-39/h6-15,18,21,30-31H,5,16-17,19-20H2,1-4H3,(H,36,41). The number of urea groups is 1. The smallest absolute Gasteiger partial charge is 0.326 e. The molecule has 0 bridgehead atoms. The fourth-order valence-corrected chi connectivity index (χ4v) is 7.34. The fourth-order valence-electron chi connectivity index (χ4n) is 5.73. The van der Waals surface area contributed by atoms with Crippen LogP contribution in [0.2, 0.25) is 10.0 Å². The number of aliphatic imine (C=N–C) groups is 1. The molecule has 1 N–H and O–H groups in total. The summed E-state index contributed by atoms with van der Waals surface area (Å²) in [5.74, 6) is 0.428. The number of benzene rings is 3. The number of nitrogens with one attached hydrogen (secondary N) is 1. The van der Waals surface area contributed by atoms with E-state index in [1.165, 1.54) is 21.3 Å². The van der Waals surface area contributed by atoms with Crippen LogP contribution in [0.5, 0.6) is 5.75 Å². The highest BCUT2D eigenvalue weighted by atomic mass is 35.5. The summed E-state index contributed by atoms with van der Waals surface area (Å²) in [5.41, 5.74) is 1.87. The molecular formula is C33H37Cl2N5O5S. The van der Waals surface area contributed by atoms with Gasteiger partial charge >= 0.3 is 6.03 Å². The molecule has 13 heteroatoms. The third-order valence-electron chi connectivity index (χ3n) is 7.83. The summed E-state index contributed by atoms with van der Waals surface area (Å²) in [6.45, 7) is 6.79. The lowest BCUT2D eigenvalue weighted by Gasteiger charge is -2.36. The highest BCUT2D eigenvalue weighted by molar-refractivity contribution is 7.89. The Morgan fingerprint density at radius 1 is 1.04 bits per heavy atom. The number of piperazine rings is 1. The zero-order valence-corrected chi connectivity index (χ0v) is 28.4. The normalized spacial score (nSPS) is 18.6. The summed E-state index contributed by atoms with van der Waals surface area (Å²) >= 11 is 12.5. The first-order chi connectivity index (χ1) is 21.9. The summed E-state index contributed by atoms with van der Waals surface area (Å²) in [6, 6.07) is 17.3. The molecule has 3 aromatic carbocycles. The maximum absolute atomic E-state index is 14.6. The lowest BCUT2D eigenvalue weighted by atomic mass is 9.93. The third-order valence-corrected chi connectivity index (χ3v) is 10.2. The van der Waals surface area contributed by atoms with E-state index in [4.69, 9.17) is 32.9 Å². The van der Waals surface area contributed by atoms with Crippen LogP contribution < -0.4 is 10.1 Å². The van der Waals surface area contributed by atoms with Gasteiger partial charge in [0.05, 0.1) is 23.1 Å². The van der Waals surface area contributed by atoms with Crippen LogP contribution in [0, 0.1) is 5.92 Å². The van der Waals surface area contributed by atoms with E-state index in [2.05, 4.69) is 5.32 Å². The van der Waals surface area contributed by atoms with Crippen molar-refractivity contribution in [1.82, 2.24) is 19.4 Å². The van der Waals surface area contributed by atoms with Gasteiger partial charge in [0.15, 0.2) is 0 Å². The molecule has 2 heterocycles. The molecule has 2 aliphatic rings. The molecule has 2 atom stereocenters. The van der Waals surface area contributed by atoms with Crippen molar-refractivity contribution in [3.05, 3.63) is 93.5 Å². The number of sulfonamides is 1. The molecule has 3 aromatic rings. The van der Waals surface area contributed by atoms with Crippen LogP contribution in [-0.2, 0) is 14.8 Å². The molecule has 1 saturated heterocycles. The Morgan fingerprint density at radius 2 is 1.67 bits per heavy atom. The van der Waals surface area contributed by atoms with Gasteiger partial charge in [-0.1, -0.05) is 61.3 Å². The van der Waals surface area contributed by atoms with E-state index in [0.29, 0.717) is 47.6 Å². The SMILES string of the molecule is CCOc1ccc(S(=O)(=O)N(C)CC(C)C)cc1C1=NC(c2ccc(Cl)cc2)C(c2ccc(Cl)cc2)N1C(=O)N1CCNC(=O)C1. The summed E-state index contributed by atoms with van der Waals surface area (Å²) in [7, 11) is -2.35. The van der Waals surface area contributed by atoms with Crippen LogP contribution in [0.3, 0.4) is 0 Å². The number of carbonyl (C=O) groups excluding carboxylic acids is 2. The minimum Gasteiger partial charge on any atom is -0.493 e. The predicted molar refractivity (Wildman–Crippen MR) is 179 cm³/mol. The van der Waals surface area contributed by atoms with Gasteiger partial charge in [0.25, 0.3) is 0 Å². The van der Waals surface area contributed by atoms with Gasteiger partial charge in [-0.3, -0.25) is 14.7 Å². The second-order valence-electron chi connectivity index (χ2n) is 11.6. The van der Waals surface area contributed by atoms with E-state index in [1.807, 2.05) is 45.0 Å². The Kier molecular flexibility index (Phi) is 10.3. The van der Waals surface area contributed by atoms with Gasteiger partial charge in [0, 0.05) is 36.7 Å². The van der Waals surface area contributed by atoms with E-state index in [1.54, 1.807) is 42.3 Å². The van der Waals surface area contributed by atoms with Gasteiger partial charge in [-0.15, -0.1) is 0 Å². The molecule has 2 unspecified atom stereocenters. The van der Waals surface area contributed by atoms with Crippen molar-refractivity contribution in [3.63, 3.8) is 0 Å². The Labute approximate surface area is 280 Å².